The summed E-state index contributed by atoms with van der Waals surface area (Å²) < 4.78 is 2.79. The number of nitrogens with zero attached hydrogens (tertiary/aromatic N) is 2. The number of thiophene rings is 1. The Morgan fingerprint density at radius 3 is 1.33 bits per heavy atom. The van der Waals surface area contributed by atoms with Crippen LogP contribution in [0, 0.1) is 6.92 Å². The molecule has 0 unspecified atom stereocenters. The zero-order valence-corrected chi connectivity index (χ0v) is 62.1. The van der Waals surface area contributed by atoms with Crippen molar-refractivity contribution in [2.45, 2.75) is 226 Å². The lowest BCUT2D eigenvalue weighted by atomic mass is 9.35. The standard InChI is InChI=1S/C91H99BN2S/c1-52-42-76-79-77(43-52)94(74-39-36-55(83(5,6)7)44-57(74)53-32-34-54(35-33-53)82(2,3)4)75-50-71-70(90(20,21)68-47-66-67(48-69(68)91(71,22)23)88(16,17)62-30-26-25-29-61(62)87(66,14)15)49-73(75)92(79)81-80(93(76)56-37-38-59-64(45-56)85(10,11)41-40-84(59,8)9)58-46-65-72(51-78(58)95-81)89(18,19)63-31-27-24-28-60(63)86(65,12)13/h24-39,42-51H,40-41H2,1-23H3. The fraction of sp³-hybridized carbons (Fsp3) is 0.385. The van der Waals surface area contributed by atoms with E-state index in [1.807, 2.05) is 0 Å². The van der Waals surface area contributed by atoms with Crippen molar-refractivity contribution in [3.05, 3.63) is 252 Å². The van der Waals surface area contributed by atoms with Crippen LogP contribution in [-0.4, -0.2) is 6.71 Å². The molecule has 0 fully saturated rings. The molecule has 0 bridgehead atoms. The van der Waals surface area contributed by atoms with E-state index in [1.165, 1.54) is 172 Å². The molecule has 0 amide bonds. The van der Waals surface area contributed by atoms with Gasteiger partial charge >= 0.3 is 0 Å². The highest BCUT2D eigenvalue weighted by molar-refractivity contribution is 7.33. The molecule has 482 valence electrons. The van der Waals surface area contributed by atoms with E-state index in [1.54, 1.807) is 0 Å². The minimum Gasteiger partial charge on any atom is -0.311 e. The average Bonchev–Trinajstić information content (AvgIpc) is 1.66. The van der Waals surface area contributed by atoms with E-state index in [2.05, 4.69) is 338 Å². The Morgan fingerprint density at radius 2 is 0.811 bits per heavy atom. The molecule has 1 aromatic heterocycles. The van der Waals surface area contributed by atoms with Crippen molar-refractivity contribution in [1.29, 1.82) is 0 Å². The summed E-state index contributed by atoms with van der Waals surface area (Å²) in [7, 11) is 0. The molecule has 0 spiro atoms. The Morgan fingerprint density at radius 1 is 0.368 bits per heavy atom. The van der Waals surface area contributed by atoms with Crippen molar-refractivity contribution in [1.82, 2.24) is 0 Å². The van der Waals surface area contributed by atoms with Crippen molar-refractivity contribution < 1.29 is 0 Å². The second-order valence-corrected chi connectivity index (χ2v) is 37.7. The number of anilines is 6. The summed E-state index contributed by atoms with van der Waals surface area (Å²) in [5.41, 5.74) is 35.6. The molecule has 0 atom stereocenters. The van der Waals surface area contributed by atoms with Crippen molar-refractivity contribution in [2.24, 2.45) is 0 Å². The number of aryl methyl sites for hydroxylation is 1. The van der Waals surface area contributed by atoms with Crippen LogP contribution in [0.25, 0.3) is 21.2 Å². The van der Waals surface area contributed by atoms with Gasteiger partial charge in [0, 0.05) is 75.7 Å². The van der Waals surface area contributed by atoms with Crippen LogP contribution in [-0.2, 0) is 54.1 Å². The van der Waals surface area contributed by atoms with Crippen molar-refractivity contribution >= 4 is 78.0 Å². The van der Waals surface area contributed by atoms with Crippen molar-refractivity contribution in [2.75, 3.05) is 9.80 Å². The van der Waals surface area contributed by atoms with Crippen LogP contribution < -0.4 is 25.5 Å². The van der Waals surface area contributed by atoms with Gasteiger partial charge < -0.3 is 9.80 Å². The predicted octanol–water partition coefficient (Wildman–Crippen LogP) is 22.8. The molecule has 10 aromatic rings. The monoisotopic (exact) mass is 1260 g/mol. The Bertz CT molecular complexity index is 4990. The highest BCUT2D eigenvalue weighted by atomic mass is 32.1. The number of fused-ring (bicyclic) bond motifs is 13. The minimum absolute atomic E-state index is 0.0112. The Hall–Kier alpha value is -7.40. The lowest BCUT2D eigenvalue weighted by molar-refractivity contribution is 0.332. The fourth-order valence-corrected chi connectivity index (χ4v) is 20.6. The first-order valence-corrected chi connectivity index (χ1v) is 36.5. The van der Waals surface area contributed by atoms with E-state index >= 15 is 0 Å². The molecule has 2 aliphatic heterocycles. The van der Waals surface area contributed by atoms with Crippen LogP contribution >= 0.6 is 11.3 Å². The van der Waals surface area contributed by atoms with E-state index in [9.17, 15) is 0 Å². The number of rotatable bonds is 3. The summed E-state index contributed by atoms with van der Waals surface area (Å²) in [4.78, 5) is 5.54. The zero-order chi connectivity index (χ0) is 67.6. The smallest absolute Gasteiger partial charge is 0.264 e. The van der Waals surface area contributed by atoms with Gasteiger partial charge in [0.05, 0.1) is 11.4 Å². The van der Waals surface area contributed by atoms with Gasteiger partial charge in [0.1, 0.15) is 0 Å². The number of hydrogen-bond acceptors (Lipinski definition) is 3. The van der Waals surface area contributed by atoms with Gasteiger partial charge in [0.2, 0.25) is 0 Å². The van der Waals surface area contributed by atoms with Gasteiger partial charge in [-0.1, -0.05) is 255 Å². The van der Waals surface area contributed by atoms with Crippen LogP contribution in [0.15, 0.2) is 158 Å². The summed E-state index contributed by atoms with van der Waals surface area (Å²) in [6, 6.07) is 64.7. The first kappa shape index (κ1) is 62.4. The maximum absolute atomic E-state index is 2.78. The lowest BCUT2D eigenvalue weighted by Gasteiger charge is -2.50. The SMILES string of the molecule is Cc1cc2c3c(c1)N(c1ccc4c(c1)C(C)(C)CCC4(C)C)c1c(sc4cc5c(cc14)C(C)(C)c1ccccc1C5(C)C)B3c1cc3c(cc1N2c1ccc(C(C)(C)C)cc1-c1ccc(C(C)(C)C)cc1)C(C)(C)c1cc2c(cc1C3(C)C)C(C)(C)c1ccccc1C2(C)C. The summed E-state index contributed by atoms with van der Waals surface area (Å²) >= 11 is 2.07. The van der Waals surface area contributed by atoms with Gasteiger partial charge in [-0.05, 0) is 207 Å². The third kappa shape index (κ3) is 8.53. The highest BCUT2D eigenvalue weighted by Crippen LogP contribution is 2.60. The van der Waals surface area contributed by atoms with Crippen LogP contribution in [0.5, 0.6) is 0 Å². The van der Waals surface area contributed by atoms with Gasteiger partial charge in [0.15, 0.2) is 0 Å². The van der Waals surface area contributed by atoms with Crippen molar-refractivity contribution in [3.8, 4) is 11.1 Å². The van der Waals surface area contributed by atoms with Gasteiger partial charge in [-0.15, -0.1) is 11.3 Å². The number of hydrogen-bond donors (Lipinski definition) is 0. The van der Waals surface area contributed by atoms with E-state index < -0.39 is 0 Å². The van der Waals surface area contributed by atoms with Crippen LogP contribution in [0.4, 0.5) is 34.1 Å². The molecule has 16 rings (SSSR count). The zero-order valence-electron chi connectivity index (χ0n) is 61.3. The Kier molecular flexibility index (Phi) is 12.8. The van der Waals surface area contributed by atoms with Crippen LogP contribution in [0.1, 0.15) is 260 Å². The third-order valence-corrected chi connectivity index (χ3v) is 26.6. The van der Waals surface area contributed by atoms with E-state index in [0.29, 0.717) is 0 Å². The van der Waals surface area contributed by atoms with Gasteiger partial charge in [-0.3, -0.25) is 0 Å². The Balaban J connectivity index is 1.03. The third-order valence-electron chi connectivity index (χ3n) is 25.4. The van der Waals surface area contributed by atoms with Gasteiger partial charge in [-0.2, -0.15) is 0 Å². The van der Waals surface area contributed by atoms with Crippen molar-refractivity contribution in [3.63, 3.8) is 0 Å². The molecule has 6 aliphatic rings. The summed E-state index contributed by atoms with van der Waals surface area (Å²) in [6.45, 7) is 56.3. The first-order chi connectivity index (χ1) is 44.3. The highest BCUT2D eigenvalue weighted by Gasteiger charge is 2.53. The lowest BCUT2D eigenvalue weighted by Crippen LogP contribution is -2.61. The second-order valence-electron chi connectivity index (χ2n) is 36.6. The first-order valence-electron chi connectivity index (χ1n) is 35.6. The molecule has 0 radical (unpaired) electrons. The molecular weight excluding hydrogens is 1160 g/mol. The summed E-state index contributed by atoms with van der Waals surface area (Å²) in [6.07, 6.45) is 2.33. The van der Waals surface area contributed by atoms with Gasteiger partial charge in [-0.25, -0.2) is 0 Å². The summed E-state index contributed by atoms with van der Waals surface area (Å²) in [5.74, 6) is 0. The summed E-state index contributed by atoms with van der Waals surface area (Å²) in [5, 5.41) is 1.35. The second kappa shape index (κ2) is 19.5. The average molecular weight is 1260 g/mol. The predicted molar refractivity (Wildman–Crippen MR) is 411 cm³/mol. The molecular formula is C91H99BN2S. The molecule has 4 heteroatoms. The molecule has 4 aliphatic carbocycles. The maximum Gasteiger partial charge on any atom is 0.264 e. The normalized spacial score (nSPS) is 19.4. The topological polar surface area (TPSA) is 6.48 Å². The molecule has 9 aromatic carbocycles. The van der Waals surface area contributed by atoms with E-state index in [0.717, 1.165) is 6.42 Å². The molecule has 3 heterocycles. The largest absolute Gasteiger partial charge is 0.311 e. The molecule has 0 saturated heterocycles. The molecule has 0 N–H and O–H groups in total. The number of benzene rings is 9. The quantitative estimate of drug-likeness (QED) is 0.163. The molecule has 95 heavy (non-hydrogen) atoms. The van der Waals surface area contributed by atoms with Crippen LogP contribution in [0.2, 0.25) is 0 Å². The van der Waals surface area contributed by atoms with Crippen LogP contribution in [0.3, 0.4) is 0 Å². The minimum atomic E-state index is -0.357. The molecule has 0 saturated carbocycles. The van der Waals surface area contributed by atoms with E-state index in [4.69, 9.17) is 0 Å². The fourth-order valence-electron chi connectivity index (χ4n) is 19.3. The molecule has 2 nitrogen and oxygen atoms in total. The maximum atomic E-state index is 2.78. The van der Waals surface area contributed by atoms with E-state index in [-0.39, 0.29) is 60.9 Å². The van der Waals surface area contributed by atoms with Gasteiger partial charge in [0.25, 0.3) is 6.71 Å². The Labute approximate surface area is 573 Å².